The standard InChI is InChI=1S/C13H12F4N4O2/c1-7(6-22)18-12(23)10-11(13(15,16)17)21(20-19-10)9-5-3-2-4-8(9)14/h2-5,7,22H,6H2,1H3,(H,18,23). The summed E-state index contributed by atoms with van der Waals surface area (Å²) in [5.74, 6) is -2.11. The smallest absolute Gasteiger partial charge is 0.394 e. The largest absolute Gasteiger partial charge is 0.435 e. The third-order valence-corrected chi connectivity index (χ3v) is 2.89. The van der Waals surface area contributed by atoms with Crippen LogP contribution in [0.5, 0.6) is 0 Å². The molecule has 23 heavy (non-hydrogen) atoms. The van der Waals surface area contributed by atoms with Crippen molar-refractivity contribution in [1.29, 1.82) is 0 Å². The summed E-state index contributed by atoms with van der Waals surface area (Å²) in [7, 11) is 0. The number of nitrogens with zero attached hydrogens (tertiary/aromatic N) is 3. The van der Waals surface area contributed by atoms with E-state index in [1.54, 1.807) is 0 Å². The van der Waals surface area contributed by atoms with E-state index in [0.29, 0.717) is 0 Å². The molecular formula is C13H12F4N4O2. The van der Waals surface area contributed by atoms with E-state index < -0.39 is 47.6 Å². The zero-order chi connectivity index (χ0) is 17.2. The van der Waals surface area contributed by atoms with E-state index in [4.69, 9.17) is 5.11 Å². The normalized spacial score (nSPS) is 13.0. The summed E-state index contributed by atoms with van der Waals surface area (Å²) in [5.41, 5.74) is -2.98. The molecule has 0 saturated heterocycles. The quantitative estimate of drug-likeness (QED) is 0.833. The molecule has 1 aromatic carbocycles. The molecule has 124 valence electrons. The van der Waals surface area contributed by atoms with E-state index in [1.807, 2.05) is 0 Å². The highest BCUT2D eigenvalue weighted by atomic mass is 19.4. The topological polar surface area (TPSA) is 80.0 Å². The summed E-state index contributed by atoms with van der Waals surface area (Å²) in [5, 5.41) is 17.5. The lowest BCUT2D eigenvalue weighted by molar-refractivity contribution is -0.143. The van der Waals surface area contributed by atoms with Gasteiger partial charge in [-0.3, -0.25) is 4.79 Å². The number of aromatic nitrogens is 3. The molecule has 1 atom stereocenters. The maximum atomic E-state index is 13.7. The van der Waals surface area contributed by atoms with Gasteiger partial charge in [-0.15, -0.1) is 5.10 Å². The summed E-state index contributed by atoms with van der Waals surface area (Å²) in [4.78, 5) is 11.9. The molecule has 0 saturated carbocycles. The first-order valence-corrected chi connectivity index (χ1v) is 6.45. The Bertz CT molecular complexity index is 714. The van der Waals surface area contributed by atoms with E-state index in [2.05, 4.69) is 15.6 Å². The SMILES string of the molecule is CC(CO)NC(=O)c1nnn(-c2ccccc2F)c1C(F)(F)F. The highest BCUT2D eigenvalue weighted by Gasteiger charge is 2.42. The zero-order valence-corrected chi connectivity index (χ0v) is 11.8. The number of halogens is 4. The maximum Gasteiger partial charge on any atom is 0.435 e. The van der Waals surface area contributed by atoms with Crippen molar-refractivity contribution in [3.8, 4) is 5.69 Å². The Kier molecular flexibility index (Phi) is 4.64. The van der Waals surface area contributed by atoms with Gasteiger partial charge in [0, 0.05) is 6.04 Å². The van der Waals surface area contributed by atoms with Crippen molar-refractivity contribution >= 4 is 5.91 Å². The molecule has 0 spiro atoms. The third kappa shape index (κ3) is 3.47. The molecule has 1 unspecified atom stereocenters. The Hall–Kier alpha value is -2.49. The molecule has 10 heteroatoms. The second kappa shape index (κ2) is 6.32. The maximum absolute atomic E-state index is 13.7. The molecule has 6 nitrogen and oxygen atoms in total. The molecule has 2 aromatic rings. The van der Waals surface area contributed by atoms with Gasteiger partial charge in [-0.25, -0.2) is 9.07 Å². The van der Waals surface area contributed by atoms with Crippen LogP contribution in [0, 0.1) is 5.82 Å². The van der Waals surface area contributed by atoms with Crippen LogP contribution >= 0.6 is 0 Å². The van der Waals surface area contributed by atoms with Crippen molar-refractivity contribution in [1.82, 2.24) is 20.3 Å². The van der Waals surface area contributed by atoms with Crippen LogP contribution < -0.4 is 5.32 Å². The second-order valence-corrected chi connectivity index (χ2v) is 4.70. The number of para-hydroxylation sites is 1. The molecule has 0 bridgehead atoms. The van der Waals surface area contributed by atoms with E-state index in [1.165, 1.54) is 19.1 Å². The molecule has 1 aromatic heterocycles. The Morgan fingerprint density at radius 3 is 2.61 bits per heavy atom. The number of hydrogen-bond donors (Lipinski definition) is 2. The van der Waals surface area contributed by atoms with Crippen LogP contribution in [0.3, 0.4) is 0 Å². The number of carbonyl (C=O) groups excluding carboxylic acids is 1. The molecule has 0 fully saturated rings. The highest BCUT2D eigenvalue weighted by Crippen LogP contribution is 2.33. The van der Waals surface area contributed by atoms with E-state index in [9.17, 15) is 22.4 Å². The number of aliphatic hydroxyl groups excluding tert-OH is 1. The molecule has 0 radical (unpaired) electrons. The van der Waals surface area contributed by atoms with E-state index >= 15 is 0 Å². The van der Waals surface area contributed by atoms with Crippen LogP contribution in [0.1, 0.15) is 23.1 Å². The van der Waals surface area contributed by atoms with Crippen LogP contribution in [0.25, 0.3) is 5.69 Å². The van der Waals surface area contributed by atoms with E-state index in [0.717, 1.165) is 12.1 Å². The molecule has 2 N–H and O–H groups in total. The van der Waals surface area contributed by atoms with Crippen LogP contribution in [-0.2, 0) is 6.18 Å². The molecule has 0 aliphatic carbocycles. The van der Waals surface area contributed by atoms with Gasteiger partial charge in [0.2, 0.25) is 0 Å². The number of benzene rings is 1. The Balaban J connectivity index is 2.55. The van der Waals surface area contributed by atoms with Gasteiger partial charge in [0.05, 0.1) is 6.61 Å². The number of aliphatic hydroxyl groups is 1. The second-order valence-electron chi connectivity index (χ2n) is 4.70. The number of amides is 1. The van der Waals surface area contributed by atoms with Gasteiger partial charge >= 0.3 is 6.18 Å². The van der Waals surface area contributed by atoms with Crippen LogP contribution in [0.2, 0.25) is 0 Å². The number of carbonyl (C=O) groups is 1. The lowest BCUT2D eigenvalue weighted by Crippen LogP contribution is -2.36. The Labute approximate surface area is 127 Å². The summed E-state index contributed by atoms with van der Waals surface area (Å²) < 4.78 is 53.8. The first kappa shape index (κ1) is 16.9. The molecule has 2 rings (SSSR count). The summed E-state index contributed by atoms with van der Waals surface area (Å²) in [6.45, 7) is 0.932. The first-order valence-electron chi connectivity index (χ1n) is 6.45. The van der Waals surface area contributed by atoms with Gasteiger partial charge in [-0.1, -0.05) is 17.3 Å². The van der Waals surface area contributed by atoms with E-state index in [-0.39, 0.29) is 4.68 Å². The van der Waals surface area contributed by atoms with Gasteiger partial charge in [0.1, 0.15) is 11.5 Å². The minimum absolute atomic E-state index is 0.230. The molecule has 0 aliphatic heterocycles. The number of rotatable bonds is 4. The predicted octanol–water partition coefficient (Wildman–Crippen LogP) is 1.54. The average molecular weight is 332 g/mol. The van der Waals surface area contributed by atoms with Crippen LogP contribution in [0.15, 0.2) is 24.3 Å². The van der Waals surface area contributed by atoms with Crippen molar-refractivity contribution in [3.05, 3.63) is 41.5 Å². The Morgan fingerprint density at radius 1 is 1.39 bits per heavy atom. The third-order valence-electron chi connectivity index (χ3n) is 2.89. The highest BCUT2D eigenvalue weighted by molar-refractivity contribution is 5.93. The molecule has 1 heterocycles. The van der Waals surface area contributed by atoms with Crippen molar-refractivity contribution in [2.45, 2.75) is 19.1 Å². The summed E-state index contributed by atoms with van der Waals surface area (Å²) in [6.07, 6.45) is -4.99. The van der Waals surface area contributed by atoms with Crippen molar-refractivity contribution in [2.24, 2.45) is 0 Å². The van der Waals surface area contributed by atoms with Crippen molar-refractivity contribution in [3.63, 3.8) is 0 Å². The van der Waals surface area contributed by atoms with Gasteiger partial charge in [-0.2, -0.15) is 13.2 Å². The van der Waals surface area contributed by atoms with Gasteiger partial charge in [0.15, 0.2) is 11.4 Å². The van der Waals surface area contributed by atoms with Gasteiger partial charge in [-0.05, 0) is 19.1 Å². The zero-order valence-electron chi connectivity index (χ0n) is 11.8. The minimum atomic E-state index is -4.99. The van der Waals surface area contributed by atoms with Crippen molar-refractivity contribution in [2.75, 3.05) is 6.61 Å². The van der Waals surface area contributed by atoms with Crippen LogP contribution in [0.4, 0.5) is 17.6 Å². The fourth-order valence-corrected chi connectivity index (χ4v) is 1.82. The molecule has 0 aliphatic rings. The predicted molar refractivity (Wildman–Crippen MR) is 70.3 cm³/mol. The average Bonchev–Trinajstić information content (AvgIpc) is 2.92. The number of nitrogens with one attached hydrogen (secondary N) is 1. The van der Waals surface area contributed by atoms with Crippen LogP contribution in [-0.4, -0.2) is 38.7 Å². The lowest BCUT2D eigenvalue weighted by atomic mass is 10.2. The monoisotopic (exact) mass is 332 g/mol. The van der Waals surface area contributed by atoms with Crippen molar-refractivity contribution < 1.29 is 27.5 Å². The lowest BCUT2D eigenvalue weighted by Gasteiger charge is -2.13. The fraction of sp³-hybridized carbons (Fsp3) is 0.308. The summed E-state index contributed by atoms with van der Waals surface area (Å²) in [6, 6.07) is 3.90. The molecule has 1 amide bonds. The summed E-state index contributed by atoms with van der Waals surface area (Å²) >= 11 is 0. The minimum Gasteiger partial charge on any atom is -0.394 e. The molecular weight excluding hydrogens is 320 g/mol. The fourth-order valence-electron chi connectivity index (χ4n) is 1.82. The van der Waals surface area contributed by atoms with Gasteiger partial charge < -0.3 is 10.4 Å². The Morgan fingerprint density at radius 2 is 2.04 bits per heavy atom. The number of hydrogen-bond acceptors (Lipinski definition) is 4. The number of alkyl halides is 3. The van der Waals surface area contributed by atoms with Gasteiger partial charge in [0.25, 0.3) is 5.91 Å². The first-order chi connectivity index (χ1) is 10.8.